The first kappa shape index (κ1) is 14.8. The molecule has 1 N–H and O–H groups in total. The number of carbonyl (C=O) groups is 2. The lowest BCUT2D eigenvalue weighted by Gasteiger charge is -2.37. The van der Waals surface area contributed by atoms with Gasteiger partial charge in [-0.15, -0.1) is 0 Å². The summed E-state index contributed by atoms with van der Waals surface area (Å²) in [6.45, 7) is 8.00. The molecule has 0 aromatic carbocycles. The predicted octanol–water partition coefficient (Wildman–Crippen LogP) is 1.88. The Balaban J connectivity index is 2.66. The van der Waals surface area contributed by atoms with Crippen LogP contribution in [0.25, 0.3) is 0 Å². The van der Waals surface area contributed by atoms with Gasteiger partial charge in [0, 0.05) is 19.6 Å². The maximum atomic E-state index is 12.3. The molecule has 5 nitrogen and oxygen atoms in total. The molecular weight excluding hydrogens is 232 g/mol. The first-order valence-electron chi connectivity index (χ1n) is 6.69. The highest BCUT2D eigenvalue weighted by molar-refractivity contribution is 5.80. The largest absolute Gasteiger partial charge is 0.480 e. The number of piperidine rings is 1. The van der Waals surface area contributed by atoms with Gasteiger partial charge in [0.2, 0.25) is 0 Å². The Morgan fingerprint density at radius 1 is 1.28 bits per heavy atom. The van der Waals surface area contributed by atoms with Crippen LogP contribution >= 0.6 is 0 Å². The SMILES string of the molecule is CCCN(CC(=O)O)C(=O)N1CC(C)CC(C)C1. The summed E-state index contributed by atoms with van der Waals surface area (Å²) in [4.78, 5) is 26.3. The zero-order valence-electron chi connectivity index (χ0n) is 11.6. The molecule has 104 valence electrons. The average molecular weight is 256 g/mol. The van der Waals surface area contributed by atoms with E-state index < -0.39 is 5.97 Å². The van der Waals surface area contributed by atoms with E-state index in [0.717, 1.165) is 25.9 Å². The number of aliphatic carboxylic acids is 1. The Hall–Kier alpha value is -1.26. The van der Waals surface area contributed by atoms with Gasteiger partial charge < -0.3 is 14.9 Å². The fourth-order valence-corrected chi connectivity index (χ4v) is 2.69. The van der Waals surface area contributed by atoms with Crippen LogP contribution in [0.5, 0.6) is 0 Å². The van der Waals surface area contributed by atoms with E-state index in [9.17, 15) is 9.59 Å². The molecule has 0 aliphatic carbocycles. The topological polar surface area (TPSA) is 60.9 Å². The van der Waals surface area contributed by atoms with Crippen molar-refractivity contribution in [2.75, 3.05) is 26.2 Å². The number of hydrogen-bond donors (Lipinski definition) is 1. The maximum Gasteiger partial charge on any atom is 0.323 e. The van der Waals surface area contributed by atoms with Gasteiger partial charge >= 0.3 is 12.0 Å². The highest BCUT2D eigenvalue weighted by Crippen LogP contribution is 2.21. The van der Waals surface area contributed by atoms with Gasteiger partial charge in [0.15, 0.2) is 0 Å². The second-order valence-corrected chi connectivity index (χ2v) is 5.45. The molecule has 0 spiro atoms. The van der Waals surface area contributed by atoms with Crippen molar-refractivity contribution in [2.45, 2.75) is 33.6 Å². The quantitative estimate of drug-likeness (QED) is 0.835. The monoisotopic (exact) mass is 256 g/mol. The van der Waals surface area contributed by atoms with Crippen molar-refractivity contribution in [2.24, 2.45) is 11.8 Å². The van der Waals surface area contributed by atoms with Crippen LogP contribution in [0.1, 0.15) is 33.6 Å². The van der Waals surface area contributed by atoms with E-state index in [1.165, 1.54) is 4.90 Å². The van der Waals surface area contributed by atoms with Crippen LogP contribution in [0.2, 0.25) is 0 Å². The second kappa shape index (κ2) is 6.61. The van der Waals surface area contributed by atoms with Gasteiger partial charge in [0.1, 0.15) is 6.54 Å². The molecular formula is C13H24N2O3. The summed E-state index contributed by atoms with van der Waals surface area (Å²) in [5, 5.41) is 8.85. The highest BCUT2D eigenvalue weighted by Gasteiger charge is 2.28. The van der Waals surface area contributed by atoms with E-state index in [1.54, 1.807) is 4.90 Å². The second-order valence-electron chi connectivity index (χ2n) is 5.45. The summed E-state index contributed by atoms with van der Waals surface area (Å²) < 4.78 is 0. The number of likely N-dealkylation sites (tertiary alicyclic amines) is 1. The third-order valence-electron chi connectivity index (χ3n) is 3.23. The van der Waals surface area contributed by atoms with Crippen LogP contribution in [-0.4, -0.2) is 53.1 Å². The van der Waals surface area contributed by atoms with Crippen molar-refractivity contribution in [1.29, 1.82) is 0 Å². The van der Waals surface area contributed by atoms with Crippen LogP contribution in [0.3, 0.4) is 0 Å². The van der Waals surface area contributed by atoms with Gasteiger partial charge in [-0.1, -0.05) is 20.8 Å². The zero-order valence-corrected chi connectivity index (χ0v) is 11.6. The van der Waals surface area contributed by atoms with Crippen molar-refractivity contribution in [3.8, 4) is 0 Å². The van der Waals surface area contributed by atoms with E-state index in [-0.39, 0.29) is 12.6 Å². The summed E-state index contributed by atoms with van der Waals surface area (Å²) in [7, 11) is 0. The number of amides is 2. The van der Waals surface area contributed by atoms with Gasteiger partial charge in [0.25, 0.3) is 0 Å². The molecule has 1 fully saturated rings. The Labute approximate surface area is 109 Å². The lowest BCUT2D eigenvalue weighted by atomic mass is 9.92. The number of hydrogen-bond acceptors (Lipinski definition) is 2. The molecule has 1 saturated heterocycles. The summed E-state index contributed by atoms with van der Waals surface area (Å²) in [5.41, 5.74) is 0. The first-order valence-corrected chi connectivity index (χ1v) is 6.69. The first-order chi connectivity index (χ1) is 8.43. The van der Waals surface area contributed by atoms with Crippen molar-refractivity contribution in [1.82, 2.24) is 9.80 Å². The van der Waals surface area contributed by atoms with E-state index in [1.807, 2.05) is 6.92 Å². The molecule has 0 bridgehead atoms. The van der Waals surface area contributed by atoms with Crippen LogP contribution in [0.4, 0.5) is 4.79 Å². The normalized spacial score (nSPS) is 23.8. The van der Waals surface area contributed by atoms with Gasteiger partial charge in [-0.2, -0.15) is 0 Å². The fourth-order valence-electron chi connectivity index (χ4n) is 2.69. The number of rotatable bonds is 4. The summed E-state index contributed by atoms with van der Waals surface area (Å²) in [6.07, 6.45) is 1.91. The Morgan fingerprint density at radius 2 is 1.83 bits per heavy atom. The molecule has 0 aromatic rings. The van der Waals surface area contributed by atoms with Gasteiger partial charge in [-0.3, -0.25) is 4.79 Å². The molecule has 0 saturated carbocycles. The molecule has 0 radical (unpaired) electrons. The van der Waals surface area contributed by atoms with Crippen molar-refractivity contribution < 1.29 is 14.7 Å². The molecule has 2 amide bonds. The minimum Gasteiger partial charge on any atom is -0.480 e. The van der Waals surface area contributed by atoms with Crippen molar-refractivity contribution in [3.63, 3.8) is 0 Å². The van der Waals surface area contributed by atoms with Crippen LogP contribution < -0.4 is 0 Å². The van der Waals surface area contributed by atoms with E-state index in [2.05, 4.69) is 13.8 Å². The fraction of sp³-hybridized carbons (Fsp3) is 0.846. The molecule has 18 heavy (non-hydrogen) atoms. The Bertz CT molecular complexity index is 297. The lowest BCUT2D eigenvalue weighted by molar-refractivity contribution is -0.137. The smallest absolute Gasteiger partial charge is 0.323 e. The maximum absolute atomic E-state index is 12.3. The summed E-state index contributed by atoms with van der Waals surface area (Å²) >= 11 is 0. The molecule has 1 rings (SSSR count). The summed E-state index contributed by atoms with van der Waals surface area (Å²) in [6, 6.07) is -0.127. The van der Waals surface area contributed by atoms with E-state index >= 15 is 0 Å². The molecule has 1 heterocycles. The van der Waals surface area contributed by atoms with E-state index in [0.29, 0.717) is 18.4 Å². The molecule has 1 aliphatic heterocycles. The predicted molar refractivity (Wildman–Crippen MR) is 69.4 cm³/mol. The third-order valence-corrected chi connectivity index (χ3v) is 3.23. The van der Waals surface area contributed by atoms with Gasteiger partial charge in [-0.05, 0) is 24.7 Å². The number of urea groups is 1. The molecule has 2 atom stereocenters. The Morgan fingerprint density at radius 3 is 2.28 bits per heavy atom. The van der Waals surface area contributed by atoms with Crippen LogP contribution in [0.15, 0.2) is 0 Å². The summed E-state index contributed by atoms with van der Waals surface area (Å²) in [5.74, 6) is 0.0342. The van der Waals surface area contributed by atoms with Crippen LogP contribution in [0, 0.1) is 11.8 Å². The number of nitrogens with zero attached hydrogens (tertiary/aromatic N) is 2. The highest BCUT2D eigenvalue weighted by atomic mass is 16.4. The average Bonchev–Trinajstić information content (AvgIpc) is 2.25. The van der Waals surface area contributed by atoms with Gasteiger partial charge in [-0.25, -0.2) is 4.79 Å². The van der Waals surface area contributed by atoms with Gasteiger partial charge in [0.05, 0.1) is 0 Å². The molecule has 0 aromatic heterocycles. The lowest BCUT2D eigenvalue weighted by Crippen LogP contribution is -2.50. The molecule has 1 aliphatic rings. The minimum atomic E-state index is -0.949. The van der Waals surface area contributed by atoms with Crippen molar-refractivity contribution >= 4 is 12.0 Å². The van der Waals surface area contributed by atoms with Crippen LogP contribution in [-0.2, 0) is 4.79 Å². The molecule has 2 unspecified atom stereocenters. The standard InChI is InChI=1S/C13H24N2O3/c1-4-5-14(9-12(16)17)13(18)15-7-10(2)6-11(3)8-15/h10-11H,4-9H2,1-3H3,(H,16,17). The van der Waals surface area contributed by atoms with Crippen molar-refractivity contribution in [3.05, 3.63) is 0 Å². The minimum absolute atomic E-state index is 0.127. The third kappa shape index (κ3) is 4.20. The van der Waals surface area contributed by atoms with E-state index in [4.69, 9.17) is 5.11 Å². The number of carboxylic acid groups (broad SMARTS) is 1. The number of carbonyl (C=O) groups excluding carboxylic acids is 1. The zero-order chi connectivity index (χ0) is 13.7. The number of carboxylic acids is 1. The Kier molecular flexibility index (Phi) is 5.44. The molecule has 5 heteroatoms.